The van der Waals surface area contributed by atoms with Crippen LogP contribution in [0.3, 0.4) is 0 Å². The van der Waals surface area contributed by atoms with E-state index in [4.69, 9.17) is 16.3 Å². The number of halogens is 2. The first kappa shape index (κ1) is 20.3. The second-order valence-corrected chi connectivity index (χ2v) is 7.68. The zero-order valence-corrected chi connectivity index (χ0v) is 17.0. The third-order valence-electron chi connectivity index (χ3n) is 5.14. The summed E-state index contributed by atoms with van der Waals surface area (Å²) in [5.41, 5.74) is 0.716. The molecule has 0 spiro atoms. The van der Waals surface area contributed by atoms with Gasteiger partial charge in [-0.05, 0) is 31.0 Å². The van der Waals surface area contributed by atoms with Gasteiger partial charge >= 0.3 is 12.0 Å². The lowest BCUT2D eigenvalue weighted by atomic mass is 10.1. The summed E-state index contributed by atoms with van der Waals surface area (Å²) in [6.45, 7) is 1.95. The van der Waals surface area contributed by atoms with Crippen molar-refractivity contribution in [2.75, 3.05) is 37.6 Å². The van der Waals surface area contributed by atoms with E-state index in [0.29, 0.717) is 36.9 Å². The maximum Gasteiger partial charge on any atom is 0.325 e. The van der Waals surface area contributed by atoms with E-state index < -0.39 is 5.82 Å². The standard InChI is InChI=1S/C20H21ClFN5O3/c21-14-3-1-4-16(9-14)27-8-7-26(20(27)29)13-18(28)25-6-2-5-17(12-25)30-19-23-10-15(22)11-24-19/h1,3-4,9-11,17H,2,5-8,12-13H2. The molecule has 0 radical (unpaired) electrons. The summed E-state index contributed by atoms with van der Waals surface area (Å²) in [4.78, 5) is 38.0. The van der Waals surface area contributed by atoms with Crippen LogP contribution in [0.4, 0.5) is 14.9 Å². The van der Waals surface area contributed by atoms with Crippen LogP contribution in [-0.4, -0.2) is 70.5 Å². The number of rotatable bonds is 5. The molecule has 10 heteroatoms. The fraction of sp³-hybridized carbons (Fsp3) is 0.400. The SMILES string of the molecule is O=C(CN1CCN(c2cccc(Cl)c2)C1=O)N1CCCC(Oc2ncc(F)cn2)C1. The van der Waals surface area contributed by atoms with Crippen LogP contribution in [0.15, 0.2) is 36.7 Å². The lowest BCUT2D eigenvalue weighted by molar-refractivity contribution is -0.134. The average Bonchev–Trinajstić information content (AvgIpc) is 3.10. The molecule has 4 rings (SSSR count). The van der Waals surface area contributed by atoms with Gasteiger partial charge in [0.05, 0.1) is 18.9 Å². The average molecular weight is 434 g/mol. The molecule has 158 valence electrons. The number of amides is 3. The Hall–Kier alpha value is -2.94. The van der Waals surface area contributed by atoms with Crippen LogP contribution in [-0.2, 0) is 4.79 Å². The Bertz CT molecular complexity index is 929. The summed E-state index contributed by atoms with van der Waals surface area (Å²) < 4.78 is 18.6. The molecule has 1 aromatic carbocycles. The van der Waals surface area contributed by atoms with Crippen LogP contribution in [0.25, 0.3) is 0 Å². The van der Waals surface area contributed by atoms with Gasteiger partial charge in [-0.2, -0.15) is 0 Å². The van der Waals surface area contributed by atoms with Crippen molar-refractivity contribution < 1.29 is 18.7 Å². The Morgan fingerprint density at radius 3 is 2.80 bits per heavy atom. The normalized spacial score (nSPS) is 19.3. The molecule has 0 N–H and O–H groups in total. The smallest absolute Gasteiger partial charge is 0.325 e. The Morgan fingerprint density at radius 1 is 1.23 bits per heavy atom. The maximum atomic E-state index is 12.9. The quantitative estimate of drug-likeness (QED) is 0.724. The molecule has 0 bridgehead atoms. The van der Waals surface area contributed by atoms with Gasteiger partial charge in [0.2, 0.25) is 5.91 Å². The molecule has 2 aromatic rings. The zero-order chi connectivity index (χ0) is 21.1. The third kappa shape index (κ3) is 4.62. The van der Waals surface area contributed by atoms with E-state index in [9.17, 15) is 14.0 Å². The number of hydrogen-bond donors (Lipinski definition) is 0. The number of likely N-dealkylation sites (tertiary alicyclic amines) is 1. The van der Waals surface area contributed by atoms with Crippen molar-refractivity contribution in [1.82, 2.24) is 19.8 Å². The van der Waals surface area contributed by atoms with Crippen LogP contribution in [0.5, 0.6) is 6.01 Å². The molecule has 8 nitrogen and oxygen atoms in total. The van der Waals surface area contributed by atoms with Crippen LogP contribution in [0, 0.1) is 5.82 Å². The highest BCUT2D eigenvalue weighted by atomic mass is 35.5. The van der Waals surface area contributed by atoms with Crippen LogP contribution < -0.4 is 9.64 Å². The number of hydrogen-bond acceptors (Lipinski definition) is 5. The summed E-state index contributed by atoms with van der Waals surface area (Å²) in [6.07, 6.45) is 3.32. The van der Waals surface area contributed by atoms with Crippen molar-refractivity contribution in [2.24, 2.45) is 0 Å². The molecule has 0 aliphatic carbocycles. The van der Waals surface area contributed by atoms with Crippen molar-refractivity contribution >= 4 is 29.2 Å². The summed E-state index contributed by atoms with van der Waals surface area (Å²) in [6, 6.07) is 6.96. The molecule has 2 aliphatic heterocycles. The Labute approximate surface area is 178 Å². The zero-order valence-electron chi connectivity index (χ0n) is 16.2. The summed E-state index contributed by atoms with van der Waals surface area (Å²) in [5, 5.41) is 0.555. The lowest BCUT2D eigenvalue weighted by Crippen LogP contribution is -2.48. The Morgan fingerprint density at radius 2 is 2.03 bits per heavy atom. The molecule has 1 aromatic heterocycles. The first-order chi connectivity index (χ1) is 14.5. The summed E-state index contributed by atoms with van der Waals surface area (Å²) >= 11 is 6.02. The van der Waals surface area contributed by atoms with Gasteiger partial charge in [-0.25, -0.2) is 19.2 Å². The van der Waals surface area contributed by atoms with Gasteiger partial charge in [-0.1, -0.05) is 17.7 Å². The van der Waals surface area contributed by atoms with E-state index in [2.05, 4.69) is 9.97 Å². The molecule has 2 aliphatic rings. The second kappa shape index (κ2) is 8.83. The lowest BCUT2D eigenvalue weighted by Gasteiger charge is -2.33. The number of piperidine rings is 1. The van der Waals surface area contributed by atoms with Gasteiger partial charge in [-0.15, -0.1) is 0 Å². The fourth-order valence-electron chi connectivity index (χ4n) is 3.65. The largest absolute Gasteiger partial charge is 0.458 e. The van der Waals surface area contributed by atoms with Gasteiger partial charge in [0.25, 0.3) is 0 Å². The van der Waals surface area contributed by atoms with E-state index in [1.54, 1.807) is 28.0 Å². The molecule has 2 fully saturated rings. The van der Waals surface area contributed by atoms with E-state index in [1.807, 2.05) is 6.07 Å². The van der Waals surface area contributed by atoms with Gasteiger partial charge in [0, 0.05) is 30.3 Å². The molecule has 30 heavy (non-hydrogen) atoms. The highest BCUT2D eigenvalue weighted by molar-refractivity contribution is 6.30. The van der Waals surface area contributed by atoms with Gasteiger partial charge in [0.15, 0.2) is 5.82 Å². The monoisotopic (exact) mass is 433 g/mol. The van der Waals surface area contributed by atoms with E-state index in [0.717, 1.165) is 25.2 Å². The molecule has 1 atom stereocenters. The molecule has 3 heterocycles. The van der Waals surface area contributed by atoms with Crippen molar-refractivity contribution in [3.63, 3.8) is 0 Å². The van der Waals surface area contributed by atoms with Crippen LogP contribution >= 0.6 is 11.6 Å². The highest BCUT2D eigenvalue weighted by Crippen LogP contribution is 2.24. The molecule has 0 saturated carbocycles. The topological polar surface area (TPSA) is 78.9 Å². The molecular weight excluding hydrogens is 413 g/mol. The third-order valence-corrected chi connectivity index (χ3v) is 5.38. The second-order valence-electron chi connectivity index (χ2n) is 7.24. The van der Waals surface area contributed by atoms with E-state index in [-0.39, 0.29) is 30.6 Å². The maximum absolute atomic E-state index is 12.9. The van der Waals surface area contributed by atoms with Crippen LogP contribution in [0.1, 0.15) is 12.8 Å². The Kier molecular flexibility index (Phi) is 5.98. The van der Waals surface area contributed by atoms with Crippen molar-refractivity contribution in [2.45, 2.75) is 18.9 Å². The predicted octanol–water partition coefficient (Wildman–Crippen LogP) is 2.58. The van der Waals surface area contributed by atoms with E-state index in [1.165, 1.54) is 4.90 Å². The summed E-state index contributed by atoms with van der Waals surface area (Å²) in [5.74, 6) is -0.672. The fourth-order valence-corrected chi connectivity index (χ4v) is 3.83. The predicted molar refractivity (Wildman–Crippen MR) is 108 cm³/mol. The van der Waals surface area contributed by atoms with Gasteiger partial charge in [0.1, 0.15) is 12.6 Å². The number of aromatic nitrogens is 2. The number of nitrogens with zero attached hydrogens (tertiary/aromatic N) is 5. The molecule has 2 saturated heterocycles. The minimum Gasteiger partial charge on any atom is -0.458 e. The number of anilines is 1. The number of urea groups is 1. The van der Waals surface area contributed by atoms with E-state index >= 15 is 0 Å². The van der Waals surface area contributed by atoms with Gasteiger partial charge < -0.3 is 14.5 Å². The van der Waals surface area contributed by atoms with Gasteiger partial charge in [-0.3, -0.25) is 9.69 Å². The minimum atomic E-state index is -0.537. The first-order valence-electron chi connectivity index (χ1n) is 9.73. The number of ether oxygens (including phenoxy) is 1. The molecular formula is C20H21ClFN5O3. The summed E-state index contributed by atoms with van der Waals surface area (Å²) in [7, 11) is 0. The number of benzene rings is 1. The first-order valence-corrected chi connectivity index (χ1v) is 10.1. The van der Waals surface area contributed by atoms with Crippen molar-refractivity contribution in [3.8, 4) is 6.01 Å². The highest BCUT2D eigenvalue weighted by Gasteiger charge is 2.33. The Balaban J connectivity index is 1.33. The number of carbonyl (C=O) groups excluding carboxylic acids is 2. The van der Waals surface area contributed by atoms with Crippen molar-refractivity contribution in [1.29, 1.82) is 0 Å². The minimum absolute atomic E-state index is 0.00959. The van der Waals surface area contributed by atoms with Crippen molar-refractivity contribution in [3.05, 3.63) is 47.5 Å². The van der Waals surface area contributed by atoms with Crippen LogP contribution in [0.2, 0.25) is 5.02 Å². The molecule has 3 amide bonds. The molecule has 1 unspecified atom stereocenters. The number of carbonyl (C=O) groups is 2.